The van der Waals surface area contributed by atoms with Gasteiger partial charge in [-0.15, -0.1) is 0 Å². The van der Waals surface area contributed by atoms with Crippen LogP contribution in [0.15, 0.2) is 15.6 Å². The quantitative estimate of drug-likeness (QED) is 0.776. The van der Waals surface area contributed by atoms with Crippen LogP contribution < -0.4 is 5.56 Å². The summed E-state index contributed by atoms with van der Waals surface area (Å²) in [4.78, 5) is 15.4. The molecule has 4 heteroatoms. The third-order valence-electron chi connectivity index (χ3n) is 1.52. The fourth-order valence-corrected chi connectivity index (χ4v) is 1.55. The minimum atomic E-state index is -0.0533. The zero-order valence-corrected chi connectivity index (χ0v) is 8.76. The summed E-state index contributed by atoms with van der Waals surface area (Å²) in [7, 11) is 0. The van der Waals surface area contributed by atoms with Crippen molar-refractivity contribution in [3.63, 3.8) is 0 Å². The summed E-state index contributed by atoms with van der Waals surface area (Å²) in [6.07, 6.45) is 2.73. The molecule has 0 bridgehead atoms. The molecule has 0 atom stereocenters. The smallest absolute Gasteiger partial charge is 0.283 e. The summed E-state index contributed by atoms with van der Waals surface area (Å²) in [5, 5.41) is 0. The standard InChI is InChI=1S/C8H11BrN2O/c1-3-4-11-5-6(2)10-7(9)8(11)12/h5H,3-4H2,1-2H3. The second kappa shape index (κ2) is 3.85. The molecule has 0 aliphatic carbocycles. The minimum Gasteiger partial charge on any atom is -0.311 e. The molecule has 0 N–H and O–H groups in total. The highest BCUT2D eigenvalue weighted by Crippen LogP contribution is 2.00. The van der Waals surface area contributed by atoms with E-state index in [0.717, 1.165) is 18.7 Å². The Bertz CT molecular complexity index is 332. The average molecular weight is 231 g/mol. The number of hydrogen-bond donors (Lipinski definition) is 0. The molecule has 0 unspecified atom stereocenters. The van der Waals surface area contributed by atoms with Gasteiger partial charge < -0.3 is 4.57 Å². The first-order chi connectivity index (χ1) is 5.65. The summed E-state index contributed by atoms with van der Waals surface area (Å²) in [6, 6.07) is 0. The molecule has 0 aliphatic rings. The third kappa shape index (κ3) is 1.94. The molecule has 0 fully saturated rings. The predicted molar refractivity (Wildman–Crippen MR) is 51.2 cm³/mol. The van der Waals surface area contributed by atoms with Crippen LogP contribution >= 0.6 is 15.9 Å². The molecule has 0 spiro atoms. The van der Waals surface area contributed by atoms with E-state index in [-0.39, 0.29) is 5.56 Å². The Morgan fingerprint density at radius 1 is 1.67 bits per heavy atom. The molecule has 0 amide bonds. The highest BCUT2D eigenvalue weighted by Gasteiger charge is 2.01. The van der Waals surface area contributed by atoms with Gasteiger partial charge in [0, 0.05) is 12.7 Å². The van der Waals surface area contributed by atoms with E-state index in [0.29, 0.717) is 4.60 Å². The number of aryl methyl sites for hydroxylation is 2. The summed E-state index contributed by atoms with van der Waals surface area (Å²) in [6.45, 7) is 4.66. The molecule has 1 aromatic rings. The van der Waals surface area contributed by atoms with E-state index in [2.05, 4.69) is 20.9 Å². The fraction of sp³-hybridized carbons (Fsp3) is 0.500. The van der Waals surface area contributed by atoms with Crippen LogP contribution in [0.4, 0.5) is 0 Å². The third-order valence-corrected chi connectivity index (χ3v) is 2.04. The van der Waals surface area contributed by atoms with Crippen molar-refractivity contribution in [3.05, 3.63) is 26.8 Å². The molecular weight excluding hydrogens is 220 g/mol. The topological polar surface area (TPSA) is 34.9 Å². The maximum atomic E-state index is 11.4. The second-order valence-corrected chi connectivity index (χ2v) is 3.42. The highest BCUT2D eigenvalue weighted by molar-refractivity contribution is 9.10. The molecular formula is C8H11BrN2O. The van der Waals surface area contributed by atoms with Gasteiger partial charge in [0.25, 0.3) is 5.56 Å². The molecule has 3 nitrogen and oxygen atoms in total. The molecule has 12 heavy (non-hydrogen) atoms. The van der Waals surface area contributed by atoms with Crippen molar-refractivity contribution in [3.8, 4) is 0 Å². The Labute approximate surface area is 79.6 Å². The van der Waals surface area contributed by atoms with Crippen LogP contribution in [-0.4, -0.2) is 9.55 Å². The predicted octanol–water partition coefficient (Wildman–Crippen LogP) is 1.72. The largest absolute Gasteiger partial charge is 0.311 e. The van der Waals surface area contributed by atoms with E-state index in [9.17, 15) is 4.79 Å². The zero-order valence-electron chi connectivity index (χ0n) is 7.17. The Hall–Kier alpha value is -0.640. The van der Waals surface area contributed by atoms with Gasteiger partial charge in [0.1, 0.15) is 0 Å². The maximum Gasteiger partial charge on any atom is 0.283 e. The van der Waals surface area contributed by atoms with Crippen LogP contribution in [0.25, 0.3) is 0 Å². The van der Waals surface area contributed by atoms with E-state index in [4.69, 9.17) is 0 Å². The summed E-state index contributed by atoms with van der Waals surface area (Å²) >= 11 is 3.12. The lowest BCUT2D eigenvalue weighted by Gasteiger charge is -2.04. The van der Waals surface area contributed by atoms with Gasteiger partial charge in [0.15, 0.2) is 4.60 Å². The van der Waals surface area contributed by atoms with E-state index in [1.807, 2.05) is 13.8 Å². The molecule has 1 rings (SSSR count). The van der Waals surface area contributed by atoms with Gasteiger partial charge >= 0.3 is 0 Å². The SMILES string of the molecule is CCCn1cc(C)nc(Br)c1=O. The first-order valence-electron chi connectivity index (χ1n) is 3.88. The van der Waals surface area contributed by atoms with Crippen molar-refractivity contribution in [2.75, 3.05) is 0 Å². The number of aromatic nitrogens is 2. The van der Waals surface area contributed by atoms with Gasteiger partial charge in [-0.3, -0.25) is 4.79 Å². The molecule has 0 saturated heterocycles. The van der Waals surface area contributed by atoms with Crippen molar-refractivity contribution in [1.82, 2.24) is 9.55 Å². The summed E-state index contributed by atoms with van der Waals surface area (Å²) in [5.74, 6) is 0. The maximum absolute atomic E-state index is 11.4. The monoisotopic (exact) mass is 230 g/mol. The molecule has 0 aromatic carbocycles. The van der Waals surface area contributed by atoms with Crippen LogP contribution in [0.5, 0.6) is 0 Å². The molecule has 0 aliphatic heterocycles. The number of nitrogens with zero attached hydrogens (tertiary/aromatic N) is 2. The second-order valence-electron chi connectivity index (χ2n) is 2.67. The summed E-state index contributed by atoms with van der Waals surface area (Å²) < 4.78 is 2.07. The van der Waals surface area contributed by atoms with E-state index in [1.54, 1.807) is 10.8 Å². The highest BCUT2D eigenvalue weighted by atomic mass is 79.9. The average Bonchev–Trinajstić information content (AvgIpc) is 2.00. The van der Waals surface area contributed by atoms with Crippen LogP contribution in [0.3, 0.4) is 0 Å². The van der Waals surface area contributed by atoms with Crippen molar-refractivity contribution in [2.24, 2.45) is 0 Å². The number of hydrogen-bond acceptors (Lipinski definition) is 2. The van der Waals surface area contributed by atoms with E-state index < -0.39 is 0 Å². The first kappa shape index (κ1) is 9.45. The van der Waals surface area contributed by atoms with E-state index >= 15 is 0 Å². The molecule has 1 aromatic heterocycles. The van der Waals surface area contributed by atoms with Gasteiger partial charge in [-0.2, -0.15) is 0 Å². The van der Waals surface area contributed by atoms with Crippen molar-refractivity contribution < 1.29 is 0 Å². The molecule has 0 radical (unpaired) electrons. The Morgan fingerprint density at radius 2 is 2.33 bits per heavy atom. The summed E-state index contributed by atoms with van der Waals surface area (Å²) in [5.41, 5.74) is 0.803. The van der Waals surface area contributed by atoms with Gasteiger partial charge in [0.2, 0.25) is 0 Å². The zero-order chi connectivity index (χ0) is 9.14. The van der Waals surface area contributed by atoms with Gasteiger partial charge in [-0.05, 0) is 29.3 Å². The molecule has 0 saturated carbocycles. The number of halogens is 1. The minimum absolute atomic E-state index is 0.0533. The van der Waals surface area contributed by atoms with Crippen LogP contribution in [-0.2, 0) is 6.54 Å². The van der Waals surface area contributed by atoms with Crippen LogP contribution in [0.1, 0.15) is 19.0 Å². The Balaban J connectivity index is 3.19. The van der Waals surface area contributed by atoms with Gasteiger partial charge in [-0.1, -0.05) is 6.92 Å². The lowest BCUT2D eigenvalue weighted by Crippen LogP contribution is -2.21. The van der Waals surface area contributed by atoms with Crippen molar-refractivity contribution >= 4 is 15.9 Å². The normalized spacial score (nSPS) is 10.2. The number of rotatable bonds is 2. The lowest BCUT2D eigenvalue weighted by atomic mass is 10.4. The molecule has 66 valence electrons. The Kier molecular flexibility index (Phi) is 3.03. The van der Waals surface area contributed by atoms with Crippen molar-refractivity contribution in [2.45, 2.75) is 26.8 Å². The van der Waals surface area contributed by atoms with Crippen LogP contribution in [0.2, 0.25) is 0 Å². The fourth-order valence-electron chi connectivity index (χ4n) is 1.04. The first-order valence-corrected chi connectivity index (χ1v) is 4.68. The molecule has 1 heterocycles. The van der Waals surface area contributed by atoms with E-state index in [1.165, 1.54) is 0 Å². The lowest BCUT2D eigenvalue weighted by molar-refractivity contribution is 0.640. The Morgan fingerprint density at radius 3 is 2.92 bits per heavy atom. The van der Waals surface area contributed by atoms with Crippen LogP contribution in [0, 0.1) is 6.92 Å². The van der Waals surface area contributed by atoms with Crippen molar-refractivity contribution in [1.29, 1.82) is 0 Å². The van der Waals surface area contributed by atoms with Gasteiger partial charge in [0.05, 0.1) is 5.69 Å². The van der Waals surface area contributed by atoms with Gasteiger partial charge in [-0.25, -0.2) is 4.98 Å².